The number of nitrogens with one attached hydrogen (secondary N) is 1. The van der Waals surface area contributed by atoms with Gasteiger partial charge in [0, 0.05) is 19.2 Å². The Morgan fingerprint density at radius 1 is 1.31 bits per heavy atom. The third-order valence-electron chi connectivity index (χ3n) is 3.61. The molecule has 134 valence electrons. The maximum atomic E-state index is 13.5. The zero-order valence-electron chi connectivity index (χ0n) is 13.8. The molecule has 0 unspecified atom stereocenters. The van der Waals surface area contributed by atoms with E-state index in [0.29, 0.717) is 34.0 Å². The molecule has 26 heavy (non-hydrogen) atoms. The van der Waals surface area contributed by atoms with Gasteiger partial charge in [0.1, 0.15) is 5.82 Å². The van der Waals surface area contributed by atoms with Crippen molar-refractivity contribution in [3.63, 3.8) is 0 Å². The van der Waals surface area contributed by atoms with Crippen LogP contribution < -0.4 is 10.9 Å². The van der Waals surface area contributed by atoms with E-state index in [9.17, 15) is 14.0 Å². The lowest BCUT2D eigenvalue weighted by Crippen LogP contribution is -2.24. The van der Waals surface area contributed by atoms with Gasteiger partial charge in [-0.15, -0.1) is 0 Å². The van der Waals surface area contributed by atoms with Crippen LogP contribution >= 0.6 is 23.4 Å². The number of aromatic nitrogens is 2. The largest absolute Gasteiger partial charge is 0.356 e. The fourth-order valence-electron chi connectivity index (χ4n) is 2.43. The number of halogens is 2. The number of hydrogen-bond acceptors (Lipinski definition) is 4. The number of nitrogens with zero attached hydrogens (tertiary/aromatic N) is 2. The highest BCUT2D eigenvalue weighted by molar-refractivity contribution is 7.99. The highest BCUT2D eigenvalue weighted by atomic mass is 35.5. The summed E-state index contributed by atoms with van der Waals surface area (Å²) in [7, 11) is 0. The van der Waals surface area contributed by atoms with E-state index >= 15 is 0 Å². The summed E-state index contributed by atoms with van der Waals surface area (Å²) < 4.78 is 14.9. The maximum absolute atomic E-state index is 13.5. The predicted octanol–water partition coefficient (Wildman–Crippen LogP) is 3.41. The second kappa shape index (κ2) is 7.88. The minimum absolute atomic E-state index is 0.0724. The number of amides is 1. The zero-order chi connectivity index (χ0) is 18.7. The predicted molar refractivity (Wildman–Crippen MR) is 102 cm³/mol. The van der Waals surface area contributed by atoms with Crippen molar-refractivity contribution >= 4 is 40.2 Å². The van der Waals surface area contributed by atoms with E-state index in [1.165, 1.54) is 41.5 Å². The van der Waals surface area contributed by atoms with Crippen molar-refractivity contribution in [3.8, 4) is 5.69 Å². The number of benzene rings is 2. The van der Waals surface area contributed by atoms with Gasteiger partial charge in [-0.05, 0) is 30.3 Å². The van der Waals surface area contributed by atoms with Gasteiger partial charge >= 0.3 is 0 Å². The maximum Gasteiger partial charge on any atom is 0.266 e. The molecule has 0 bridgehead atoms. The normalized spacial score (nSPS) is 10.9. The van der Waals surface area contributed by atoms with Crippen LogP contribution in [-0.2, 0) is 4.79 Å². The average Bonchev–Trinajstić information content (AvgIpc) is 2.61. The van der Waals surface area contributed by atoms with Crippen LogP contribution in [0, 0.1) is 5.82 Å². The molecule has 3 aromatic rings. The Bertz CT molecular complexity index is 1040. The summed E-state index contributed by atoms with van der Waals surface area (Å²) in [6, 6.07) is 11.1. The van der Waals surface area contributed by atoms with Crippen LogP contribution in [0.3, 0.4) is 0 Å². The second-order valence-electron chi connectivity index (χ2n) is 5.48. The van der Waals surface area contributed by atoms with Gasteiger partial charge in [-0.3, -0.25) is 14.2 Å². The molecule has 2 aromatic carbocycles. The van der Waals surface area contributed by atoms with E-state index in [2.05, 4.69) is 10.3 Å². The van der Waals surface area contributed by atoms with Crippen molar-refractivity contribution in [3.05, 3.63) is 63.7 Å². The van der Waals surface area contributed by atoms with Crippen LogP contribution in [0.25, 0.3) is 16.6 Å². The number of hydrogen-bond donors (Lipinski definition) is 1. The van der Waals surface area contributed by atoms with E-state index in [1.807, 2.05) is 0 Å². The third kappa shape index (κ3) is 3.89. The molecule has 0 spiro atoms. The summed E-state index contributed by atoms with van der Waals surface area (Å²) in [6.45, 7) is 1.88. The molecule has 5 nitrogen and oxygen atoms in total. The molecule has 0 aliphatic heterocycles. The van der Waals surface area contributed by atoms with Gasteiger partial charge in [0.25, 0.3) is 5.56 Å². The SMILES string of the molecule is CC(=O)NCCSc1nc2ccccc2c(=O)n1-c1ccc(F)c(Cl)c1. The van der Waals surface area contributed by atoms with Crippen LogP contribution in [0.4, 0.5) is 4.39 Å². The molecule has 3 rings (SSSR count). The number of fused-ring (bicyclic) bond motifs is 1. The monoisotopic (exact) mass is 391 g/mol. The Morgan fingerprint density at radius 2 is 2.08 bits per heavy atom. The fraction of sp³-hybridized carbons (Fsp3) is 0.167. The van der Waals surface area contributed by atoms with E-state index in [1.54, 1.807) is 24.3 Å². The second-order valence-corrected chi connectivity index (χ2v) is 6.95. The van der Waals surface area contributed by atoms with Crippen molar-refractivity contribution in [2.45, 2.75) is 12.1 Å². The van der Waals surface area contributed by atoms with Gasteiger partial charge < -0.3 is 5.32 Å². The molecule has 1 aromatic heterocycles. The quantitative estimate of drug-likeness (QED) is 0.411. The summed E-state index contributed by atoms with van der Waals surface area (Å²) in [5.74, 6) is -0.156. The van der Waals surface area contributed by atoms with Gasteiger partial charge in [0.15, 0.2) is 5.16 Å². The van der Waals surface area contributed by atoms with Gasteiger partial charge in [-0.1, -0.05) is 35.5 Å². The van der Waals surface area contributed by atoms with Gasteiger partial charge in [0.2, 0.25) is 5.91 Å². The molecule has 0 aliphatic carbocycles. The van der Waals surface area contributed by atoms with E-state index < -0.39 is 5.82 Å². The standard InChI is InChI=1S/C18H15ClFN3O2S/c1-11(24)21-8-9-26-18-22-16-5-3-2-4-13(16)17(25)23(18)12-6-7-15(20)14(19)10-12/h2-7,10H,8-9H2,1H3,(H,21,24). The van der Waals surface area contributed by atoms with Crippen LogP contribution in [0.1, 0.15) is 6.92 Å². The van der Waals surface area contributed by atoms with Crippen molar-refractivity contribution in [1.29, 1.82) is 0 Å². The van der Waals surface area contributed by atoms with Crippen LogP contribution in [0.5, 0.6) is 0 Å². The Morgan fingerprint density at radius 3 is 2.81 bits per heavy atom. The summed E-state index contributed by atoms with van der Waals surface area (Å²) >= 11 is 7.21. The summed E-state index contributed by atoms with van der Waals surface area (Å²) in [4.78, 5) is 28.5. The third-order valence-corrected chi connectivity index (χ3v) is 4.84. The molecule has 1 N–H and O–H groups in total. The Kier molecular flexibility index (Phi) is 5.58. The first-order valence-corrected chi connectivity index (χ1v) is 9.18. The fourth-order valence-corrected chi connectivity index (χ4v) is 3.47. The van der Waals surface area contributed by atoms with Gasteiger partial charge in [0.05, 0.1) is 21.6 Å². The van der Waals surface area contributed by atoms with Crippen molar-refractivity contribution in [2.75, 3.05) is 12.3 Å². The molecular weight excluding hydrogens is 377 g/mol. The van der Waals surface area contributed by atoms with Crippen molar-refractivity contribution < 1.29 is 9.18 Å². The molecule has 0 radical (unpaired) electrons. The number of thioether (sulfide) groups is 1. The Balaban J connectivity index is 2.09. The van der Waals surface area contributed by atoms with Gasteiger partial charge in [-0.25, -0.2) is 9.37 Å². The van der Waals surface area contributed by atoms with Crippen molar-refractivity contribution in [1.82, 2.24) is 14.9 Å². The zero-order valence-corrected chi connectivity index (χ0v) is 15.4. The molecule has 0 saturated carbocycles. The lowest BCUT2D eigenvalue weighted by Gasteiger charge is -2.13. The lowest BCUT2D eigenvalue weighted by atomic mass is 10.2. The minimum Gasteiger partial charge on any atom is -0.356 e. The topological polar surface area (TPSA) is 64.0 Å². The van der Waals surface area contributed by atoms with Crippen molar-refractivity contribution in [2.24, 2.45) is 0 Å². The Hall–Kier alpha value is -2.38. The van der Waals surface area contributed by atoms with Crippen LogP contribution in [0.15, 0.2) is 52.4 Å². The Labute approximate surface area is 158 Å². The average molecular weight is 392 g/mol. The van der Waals surface area contributed by atoms with E-state index in [4.69, 9.17) is 11.6 Å². The number of para-hydroxylation sites is 1. The van der Waals surface area contributed by atoms with Gasteiger partial charge in [-0.2, -0.15) is 0 Å². The smallest absolute Gasteiger partial charge is 0.266 e. The molecule has 0 saturated heterocycles. The molecule has 0 aliphatic rings. The molecular formula is C18H15ClFN3O2S. The lowest BCUT2D eigenvalue weighted by molar-refractivity contribution is -0.118. The number of carbonyl (C=O) groups excluding carboxylic acids is 1. The highest BCUT2D eigenvalue weighted by Gasteiger charge is 2.14. The summed E-state index contributed by atoms with van der Waals surface area (Å²) in [6.07, 6.45) is 0. The number of rotatable bonds is 5. The first-order chi connectivity index (χ1) is 12.5. The molecule has 0 fully saturated rings. The molecule has 0 atom stereocenters. The van der Waals surface area contributed by atoms with Crippen LogP contribution in [-0.4, -0.2) is 27.8 Å². The van der Waals surface area contributed by atoms with E-state index in [0.717, 1.165) is 0 Å². The summed E-state index contributed by atoms with van der Waals surface area (Å²) in [5.41, 5.74) is 0.742. The molecule has 8 heteroatoms. The summed E-state index contributed by atoms with van der Waals surface area (Å²) in [5, 5.41) is 3.53. The first kappa shape index (κ1) is 18.4. The number of carbonyl (C=O) groups is 1. The first-order valence-electron chi connectivity index (χ1n) is 7.82. The van der Waals surface area contributed by atoms with E-state index in [-0.39, 0.29) is 16.5 Å². The molecule has 1 amide bonds. The minimum atomic E-state index is -0.558. The molecule has 1 heterocycles. The van der Waals surface area contributed by atoms with Crippen LogP contribution in [0.2, 0.25) is 5.02 Å². The highest BCUT2D eigenvalue weighted by Crippen LogP contribution is 2.24.